The molecule has 9 heteroatoms. The molecule has 0 saturated heterocycles. The van der Waals surface area contributed by atoms with E-state index in [4.69, 9.17) is 4.52 Å². The van der Waals surface area contributed by atoms with Crippen LogP contribution in [0.15, 0.2) is 39.6 Å². The van der Waals surface area contributed by atoms with Crippen LogP contribution in [-0.2, 0) is 30.8 Å². The maximum atomic E-state index is 12.7. The predicted octanol–water partition coefficient (Wildman–Crippen LogP) is 1.40. The third-order valence-electron chi connectivity index (χ3n) is 4.46. The van der Waals surface area contributed by atoms with E-state index in [0.717, 1.165) is 5.56 Å². The van der Waals surface area contributed by atoms with Gasteiger partial charge in [-0.15, -0.1) is 0 Å². The van der Waals surface area contributed by atoms with Crippen molar-refractivity contribution in [2.45, 2.75) is 46.8 Å². The number of nitrogens with zero attached hydrogens (tertiary/aromatic N) is 6. The second-order valence-corrected chi connectivity index (χ2v) is 6.42. The van der Waals surface area contributed by atoms with Crippen molar-refractivity contribution in [3.05, 3.63) is 63.9 Å². The van der Waals surface area contributed by atoms with Gasteiger partial charge in [-0.2, -0.15) is 10.1 Å². The van der Waals surface area contributed by atoms with Crippen LogP contribution >= 0.6 is 0 Å². The molecule has 0 radical (unpaired) electrons. The highest BCUT2D eigenvalue weighted by atomic mass is 16.5. The number of amides is 1. The third-order valence-corrected chi connectivity index (χ3v) is 4.46. The Balaban J connectivity index is 1.72. The molecule has 3 rings (SSSR count). The lowest BCUT2D eigenvalue weighted by Gasteiger charge is -2.18. The molecule has 2 aromatic heterocycles. The van der Waals surface area contributed by atoms with E-state index >= 15 is 0 Å². The van der Waals surface area contributed by atoms with Gasteiger partial charge in [0.05, 0.1) is 6.54 Å². The molecule has 0 unspecified atom stereocenters. The smallest absolute Gasteiger partial charge is 0.337 e. The van der Waals surface area contributed by atoms with Gasteiger partial charge in [0, 0.05) is 13.0 Å². The summed E-state index contributed by atoms with van der Waals surface area (Å²) in [5.41, 5.74) is 0.689. The molecule has 148 valence electrons. The van der Waals surface area contributed by atoms with Gasteiger partial charge in [0.15, 0.2) is 5.82 Å². The zero-order valence-electron chi connectivity index (χ0n) is 16.3. The summed E-state index contributed by atoms with van der Waals surface area (Å²) in [6.07, 6.45) is 0.664. The van der Waals surface area contributed by atoms with E-state index in [1.54, 1.807) is 16.4 Å². The number of hydrogen-bond acceptors (Lipinski definition) is 6. The average molecular weight is 384 g/mol. The van der Waals surface area contributed by atoms with Crippen molar-refractivity contribution in [3.63, 3.8) is 0 Å². The van der Waals surface area contributed by atoms with Crippen LogP contribution in [0, 0.1) is 6.92 Å². The predicted molar refractivity (Wildman–Crippen MR) is 102 cm³/mol. The highest BCUT2D eigenvalue weighted by Crippen LogP contribution is 2.06. The average Bonchev–Trinajstić information content (AvgIpc) is 3.26. The minimum atomic E-state index is -0.309. The van der Waals surface area contributed by atoms with Gasteiger partial charge in [-0.05, 0) is 19.4 Å². The van der Waals surface area contributed by atoms with Crippen LogP contribution < -0.4 is 5.69 Å². The maximum absolute atomic E-state index is 12.7. The Morgan fingerprint density at radius 1 is 1.21 bits per heavy atom. The summed E-state index contributed by atoms with van der Waals surface area (Å²) in [5, 5.41) is 8.09. The molecular formula is C19H24N6O3. The fourth-order valence-corrected chi connectivity index (χ4v) is 2.87. The number of carbonyl (C=O) groups excluding carboxylic acids is 1. The largest absolute Gasteiger partial charge is 0.346 e. The third kappa shape index (κ3) is 4.36. The monoisotopic (exact) mass is 384 g/mol. The number of benzene rings is 1. The highest BCUT2D eigenvalue weighted by Gasteiger charge is 2.19. The Hall–Kier alpha value is -3.23. The molecule has 0 N–H and O–H groups in total. The minimum absolute atomic E-state index is 0.135. The SMILES string of the molecule is CCc1noc(CN(CC)C(=O)Cn2nc(C)n(Cc3ccccc3)c2=O)n1. The lowest BCUT2D eigenvalue weighted by Crippen LogP contribution is -2.37. The fraction of sp³-hybridized carbons (Fsp3) is 0.421. The Labute approximate surface area is 162 Å². The summed E-state index contributed by atoms with van der Waals surface area (Å²) >= 11 is 0. The molecule has 0 saturated carbocycles. The van der Waals surface area contributed by atoms with Gasteiger partial charge in [-0.3, -0.25) is 9.36 Å². The lowest BCUT2D eigenvalue weighted by atomic mass is 10.2. The molecular weight excluding hydrogens is 360 g/mol. The van der Waals surface area contributed by atoms with Gasteiger partial charge in [0.25, 0.3) is 0 Å². The quantitative estimate of drug-likeness (QED) is 0.582. The first-order valence-electron chi connectivity index (χ1n) is 9.29. The fourth-order valence-electron chi connectivity index (χ4n) is 2.87. The van der Waals surface area contributed by atoms with Crippen molar-refractivity contribution in [3.8, 4) is 0 Å². The number of rotatable bonds is 8. The van der Waals surface area contributed by atoms with Crippen LogP contribution in [0.2, 0.25) is 0 Å². The number of hydrogen-bond donors (Lipinski definition) is 0. The van der Waals surface area contributed by atoms with Crippen LogP contribution in [-0.4, -0.2) is 41.8 Å². The summed E-state index contributed by atoms with van der Waals surface area (Å²) in [7, 11) is 0. The first-order valence-corrected chi connectivity index (χ1v) is 9.29. The van der Waals surface area contributed by atoms with Crippen LogP contribution in [0.4, 0.5) is 0 Å². The zero-order chi connectivity index (χ0) is 20.1. The van der Waals surface area contributed by atoms with Gasteiger partial charge < -0.3 is 9.42 Å². The molecule has 3 aromatic rings. The van der Waals surface area contributed by atoms with E-state index in [9.17, 15) is 9.59 Å². The zero-order valence-corrected chi connectivity index (χ0v) is 16.3. The Morgan fingerprint density at radius 2 is 1.96 bits per heavy atom. The molecule has 0 aliphatic heterocycles. The van der Waals surface area contributed by atoms with Crippen LogP contribution in [0.25, 0.3) is 0 Å². The van der Waals surface area contributed by atoms with Crippen molar-refractivity contribution in [2.75, 3.05) is 6.54 Å². The van der Waals surface area contributed by atoms with Crippen LogP contribution in [0.3, 0.4) is 0 Å². The van der Waals surface area contributed by atoms with E-state index in [-0.39, 0.29) is 24.7 Å². The van der Waals surface area contributed by atoms with E-state index in [1.807, 2.05) is 44.2 Å². The molecule has 1 amide bonds. The second-order valence-electron chi connectivity index (χ2n) is 6.42. The van der Waals surface area contributed by atoms with E-state index in [1.165, 1.54) is 4.68 Å². The summed E-state index contributed by atoms with van der Waals surface area (Å²) in [6, 6.07) is 9.66. The van der Waals surface area contributed by atoms with Gasteiger partial charge in [-0.1, -0.05) is 42.4 Å². The molecule has 9 nitrogen and oxygen atoms in total. The van der Waals surface area contributed by atoms with Crippen molar-refractivity contribution in [1.29, 1.82) is 0 Å². The minimum Gasteiger partial charge on any atom is -0.337 e. The standard InChI is InChI=1S/C19H24N6O3/c1-4-16-20-17(28-22-16)12-23(5-2)18(26)13-25-19(27)24(14(3)21-25)11-15-9-7-6-8-10-15/h6-10H,4-5,11-13H2,1-3H3. The molecule has 0 aliphatic rings. The van der Waals surface area contributed by atoms with Gasteiger partial charge >= 0.3 is 5.69 Å². The number of aryl methyl sites for hydroxylation is 2. The van der Waals surface area contributed by atoms with Crippen molar-refractivity contribution < 1.29 is 9.32 Å². The Kier molecular flexibility index (Phi) is 6.03. The van der Waals surface area contributed by atoms with Crippen molar-refractivity contribution in [1.82, 2.24) is 29.4 Å². The molecule has 28 heavy (non-hydrogen) atoms. The molecule has 2 heterocycles. The highest BCUT2D eigenvalue weighted by molar-refractivity contribution is 5.75. The molecule has 0 fully saturated rings. The Bertz CT molecular complexity index is 989. The van der Waals surface area contributed by atoms with E-state index in [0.29, 0.717) is 37.0 Å². The first kappa shape index (κ1) is 19.5. The topological polar surface area (TPSA) is 99.0 Å². The number of likely N-dealkylation sites (N-methyl/N-ethyl adjacent to an activating group) is 1. The summed E-state index contributed by atoms with van der Waals surface area (Å²) < 4.78 is 7.92. The maximum Gasteiger partial charge on any atom is 0.346 e. The second kappa shape index (κ2) is 8.64. The summed E-state index contributed by atoms with van der Waals surface area (Å²) in [6.45, 7) is 6.49. The van der Waals surface area contributed by atoms with Gasteiger partial charge in [0.1, 0.15) is 18.9 Å². The molecule has 1 aromatic carbocycles. The molecule has 0 aliphatic carbocycles. The van der Waals surface area contributed by atoms with Crippen molar-refractivity contribution >= 4 is 5.91 Å². The number of aromatic nitrogens is 5. The summed E-state index contributed by atoms with van der Waals surface area (Å²) in [5.74, 6) is 1.31. The lowest BCUT2D eigenvalue weighted by molar-refractivity contribution is -0.132. The van der Waals surface area contributed by atoms with E-state index in [2.05, 4.69) is 15.2 Å². The molecule has 0 spiro atoms. The first-order chi connectivity index (χ1) is 13.5. The normalized spacial score (nSPS) is 11.0. The van der Waals surface area contributed by atoms with Gasteiger partial charge in [-0.25, -0.2) is 9.48 Å². The Morgan fingerprint density at radius 3 is 2.61 bits per heavy atom. The van der Waals surface area contributed by atoms with Gasteiger partial charge in [0.2, 0.25) is 11.8 Å². The van der Waals surface area contributed by atoms with E-state index < -0.39 is 0 Å². The molecule has 0 atom stereocenters. The number of carbonyl (C=O) groups is 1. The molecule has 0 bridgehead atoms. The summed E-state index contributed by atoms with van der Waals surface area (Å²) in [4.78, 5) is 31.2. The van der Waals surface area contributed by atoms with Crippen LogP contribution in [0.1, 0.15) is 37.0 Å². The van der Waals surface area contributed by atoms with Crippen LogP contribution in [0.5, 0.6) is 0 Å². The van der Waals surface area contributed by atoms with Crippen molar-refractivity contribution in [2.24, 2.45) is 0 Å².